The van der Waals surface area contributed by atoms with E-state index in [1.54, 1.807) is 12.1 Å². The molecular weight excluding hydrogens is 542 g/mol. The number of benzene rings is 1. The van der Waals surface area contributed by atoms with Crippen LogP contribution in [0.25, 0.3) is 0 Å². The van der Waals surface area contributed by atoms with Crippen LogP contribution in [-0.4, -0.2) is 51.0 Å². The minimum Gasteiger partial charge on any atom is -0.508 e. The van der Waals surface area contributed by atoms with E-state index in [1.165, 1.54) is 23.1 Å². The first-order valence-electron chi connectivity index (χ1n) is 12.4. The molecule has 4 atom stereocenters. The molecule has 1 aromatic carbocycles. The largest absolute Gasteiger partial charge is 0.508 e. The van der Waals surface area contributed by atoms with Gasteiger partial charge in [0.25, 0.3) is 0 Å². The number of imide groups is 1. The maximum Gasteiger partial charge on any atom is 0.303 e. The standard InChI is InChI=1S/C28H26BrNO7/c29-20-13-21(32)25-19(26(20)35)12-18-16(23(25)14-5-7-15(31)8-6-14)9-10-17-24(18)28(37)30(27(17)36)11-3-1-2-4-22(33)34/h5-9,13,17-18,23-24,31H,1-4,10-12H2,(H,33,34)/t17-,18+,23-,24-/m0/s1. The molecule has 0 unspecified atom stereocenters. The van der Waals surface area contributed by atoms with Gasteiger partial charge in [-0.3, -0.25) is 28.9 Å². The first-order valence-corrected chi connectivity index (χ1v) is 13.2. The number of aromatic hydroxyl groups is 1. The Kier molecular flexibility index (Phi) is 6.74. The predicted octanol–water partition coefficient (Wildman–Crippen LogP) is 3.80. The summed E-state index contributed by atoms with van der Waals surface area (Å²) in [5.74, 6) is -3.92. The number of carboxylic acids is 1. The van der Waals surface area contributed by atoms with E-state index in [9.17, 15) is 29.1 Å². The van der Waals surface area contributed by atoms with E-state index < -0.39 is 29.6 Å². The third-order valence-electron chi connectivity index (χ3n) is 7.92. The number of carbonyl (C=O) groups excluding carboxylic acids is 4. The first-order chi connectivity index (χ1) is 17.7. The van der Waals surface area contributed by atoms with Gasteiger partial charge in [-0.1, -0.05) is 30.2 Å². The maximum absolute atomic E-state index is 13.6. The number of rotatable bonds is 7. The highest BCUT2D eigenvalue weighted by Gasteiger charge is 2.56. The average Bonchev–Trinajstić information content (AvgIpc) is 3.11. The van der Waals surface area contributed by atoms with Crippen molar-refractivity contribution in [3.63, 3.8) is 0 Å². The molecule has 1 aromatic rings. The lowest BCUT2D eigenvalue weighted by atomic mass is 9.59. The summed E-state index contributed by atoms with van der Waals surface area (Å²) in [5, 5.41) is 18.6. The molecule has 1 aliphatic heterocycles. The number of ketones is 2. The summed E-state index contributed by atoms with van der Waals surface area (Å²) in [6.07, 6.45) is 5.49. The van der Waals surface area contributed by atoms with Crippen molar-refractivity contribution in [3.05, 3.63) is 63.2 Å². The minimum absolute atomic E-state index is 0.0509. The highest BCUT2D eigenvalue weighted by atomic mass is 79.9. The van der Waals surface area contributed by atoms with Gasteiger partial charge in [0.15, 0.2) is 11.6 Å². The molecule has 5 rings (SSSR count). The quantitative estimate of drug-likeness (QED) is 0.222. The van der Waals surface area contributed by atoms with Gasteiger partial charge >= 0.3 is 5.97 Å². The lowest BCUT2D eigenvalue weighted by Crippen LogP contribution is -2.39. The summed E-state index contributed by atoms with van der Waals surface area (Å²) in [4.78, 5) is 65.2. The van der Waals surface area contributed by atoms with Gasteiger partial charge in [-0.15, -0.1) is 0 Å². The SMILES string of the molecule is O=C(O)CCCCCN1C(=O)[C@H]2[C@H](CC=C3[C@H](c4ccc(O)cc4)C4=C(C[C@H]32)C(=O)C(Br)=CC4=O)C1=O. The highest BCUT2D eigenvalue weighted by molar-refractivity contribution is 9.12. The number of carbonyl (C=O) groups is 5. The molecule has 0 saturated carbocycles. The normalized spacial score (nSPS) is 27.0. The summed E-state index contributed by atoms with van der Waals surface area (Å²) in [7, 11) is 0. The van der Waals surface area contributed by atoms with Crippen LogP contribution < -0.4 is 0 Å². The molecule has 4 aliphatic rings. The van der Waals surface area contributed by atoms with Crippen LogP contribution in [0.15, 0.2) is 57.6 Å². The van der Waals surface area contributed by atoms with Crippen LogP contribution in [0.2, 0.25) is 0 Å². The molecule has 2 N–H and O–H groups in total. The van der Waals surface area contributed by atoms with E-state index in [2.05, 4.69) is 15.9 Å². The number of nitrogens with zero attached hydrogens (tertiary/aromatic N) is 1. The van der Waals surface area contributed by atoms with Crippen molar-refractivity contribution in [2.75, 3.05) is 6.54 Å². The Hall–Kier alpha value is -3.33. The molecule has 2 amide bonds. The number of unbranched alkanes of at least 4 members (excludes halogenated alkanes) is 2. The van der Waals surface area contributed by atoms with Gasteiger partial charge in [-0.25, -0.2) is 0 Å². The fraction of sp³-hybridized carbons (Fsp3) is 0.393. The van der Waals surface area contributed by atoms with Crippen molar-refractivity contribution < 1.29 is 34.2 Å². The lowest BCUT2D eigenvalue weighted by molar-refractivity contribution is -0.141. The predicted molar refractivity (Wildman–Crippen MR) is 136 cm³/mol. The van der Waals surface area contributed by atoms with E-state index >= 15 is 0 Å². The minimum atomic E-state index is -0.871. The van der Waals surface area contributed by atoms with Crippen molar-refractivity contribution in [2.24, 2.45) is 17.8 Å². The first kappa shape index (κ1) is 25.3. The summed E-state index contributed by atoms with van der Waals surface area (Å²) in [6.45, 7) is 0.243. The fourth-order valence-electron chi connectivity index (χ4n) is 6.26. The molecule has 9 heteroatoms. The number of hydrogen-bond acceptors (Lipinski definition) is 6. The molecule has 0 radical (unpaired) electrons. The second-order valence-corrected chi connectivity index (χ2v) is 10.9. The van der Waals surface area contributed by atoms with Crippen molar-refractivity contribution in [1.82, 2.24) is 4.90 Å². The number of carboxylic acid groups (broad SMARTS) is 1. The number of phenolic OH excluding ortho intramolecular Hbond substituents is 1. The number of likely N-dealkylation sites (tertiary alicyclic amines) is 1. The number of aliphatic carboxylic acids is 1. The number of halogens is 1. The lowest BCUT2D eigenvalue weighted by Gasteiger charge is -2.42. The summed E-state index contributed by atoms with van der Waals surface area (Å²) in [6, 6.07) is 6.50. The Labute approximate surface area is 221 Å². The molecule has 0 bridgehead atoms. The van der Waals surface area contributed by atoms with Crippen LogP contribution in [0.1, 0.15) is 50.0 Å². The average molecular weight is 568 g/mol. The zero-order chi connectivity index (χ0) is 26.4. The van der Waals surface area contributed by atoms with Crippen LogP contribution in [0, 0.1) is 17.8 Å². The monoisotopic (exact) mass is 567 g/mol. The Bertz CT molecular complexity index is 1310. The third-order valence-corrected chi connectivity index (χ3v) is 8.51. The molecule has 0 spiro atoms. The maximum atomic E-state index is 13.6. The van der Waals surface area contributed by atoms with Gasteiger partial charge in [0.1, 0.15) is 5.75 Å². The smallest absolute Gasteiger partial charge is 0.303 e. The van der Waals surface area contributed by atoms with Crippen LogP contribution in [0.3, 0.4) is 0 Å². The topological polar surface area (TPSA) is 129 Å². The Morgan fingerprint density at radius 1 is 1.00 bits per heavy atom. The van der Waals surface area contributed by atoms with E-state index in [1.807, 2.05) is 6.08 Å². The van der Waals surface area contributed by atoms with Crippen molar-refractivity contribution in [2.45, 2.75) is 44.4 Å². The molecular formula is C28H26BrNO7. The molecule has 8 nitrogen and oxygen atoms in total. The van der Waals surface area contributed by atoms with Crippen LogP contribution >= 0.6 is 15.9 Å². The van der Waals surface area contributed by atoms with Gasteiger partial charge < -0.3 is 10.2 Å². The number of allylic oxidation sites excluding steroid dienone is 6. The van der Waals surface area contributed by atoms with E-state index in [0.29, 0.717) is 36.8 Å². The van der Waals surface area contributed by atoms with E-state index in [4.69, 9.17) is 5.11 Å². The Morgan fingerprint density at radius 2 is 1.73 bits per heavy atom. The van der Waals surface area contributed by atoms with Gasteiger partial charge in [0.2, 0.25) is 11.8 Å². The molecule has 1 fully saturated rings. The summed E-state index contributed by atoms with van der Waals surface area (Å²) < 4.78 is 0.178. The van der Waals surface area contributed by atoms with Crippen molar-refractivity contribution in [3.8, 4) is 5.75 Å². The molecule has 1 heterocycles. The summed E-state index contributed by atoms with van der Waals surface area (Å²) >= 11 is 3.21. The molecule has 3 aliphatic carbocycles. The van der Waals surface area contributed by atoms with E-state index in [-0.39, 0.29) is 53.0 Å². The van der Waals surface area contributed by atoms with Gasteiger partial charge in [-0.2, -0.15) is 0 Å². The zero-order valence-electron chi connectivity index (χ0n) is 20.0. The second kappa shape index (κ2) is 9.85. The van der Waals surface area contributed by atoms with Crippen LogP contribution in [-0.2, 0) is 24.0 Å². The molecule has 1 saturated heterocycles. The second-order valence-electron chi connectivity index (χ2n) is 10.0. The molecule has 37 heavy (non-hydrogen) atoms. The fourth-order valence-corrected chi connectivity index (χ4v) is 6.71. The van der Waals surface area contributed by atoms with Crippen LogP contribution in [0.4, 0.5) is 0 Å². The third kappa shape index (κ3) is 4.39. The number of fused-ring (bicyclic) bond motifs is 3. The van der Waals surface area contributed by atoms with E-state index in [0.717, 1.165) is 11.1 Å². The number of hydrogen-bond donors (Lipinski definition) is 2. The van der Waals surface area contributed by atoms with Gasteiger partial charge in [0, 0.05) is 36.1 Å². The van der Waals surface area contributed by atoms with Gasteiger partial charge in [0.05, 0.1) is 16.3 Å². The molecule has 0 aromatic heterocycles. The summed E-state index contributed by atoms with van der Waals surface area (Å²) in [5.41, 5.74) is 2.36. The number of Topliss-reactive ketones (excluding diaryl/α,β-unsaturated/α-hetero) is 1. The number of phenols is 1. The number of amides is 2. The van der Waals surface area contributed by atoms with Crippen molar-refractivity contribution in [1.29, 1.82) is 0 Å². The van der Waals surface area contributed by atoms with Gasteiger partial charge in [-0.05, 0) is 65.2 Å². The Balaban J connectivity index is 1.48. The zero-order valence-corrected chi connectivity index (χ0v) is 21.6. The Morgan fingerprint density at radius 3 is 2.43 bits per heavy atom. The molecule has 192 valence electrons. The highest BCUT2D eigenvalue weighted by Crippen LogP contribution is 2.55. The van der Waals surface area contributed by atoms with Crippen LogP contribution in [0.5, 0.6) is 5.75 Å². The van der Waals surface area contributed by atoms with Crippen molar-refractivity contribution >= 4 is 45.3 Å².